The molecule has 1 aromatic heterocycles. The van der Waals surface area contributed by atoms with Gasteiger partial charge in [0.1, 0.15) is 0 Å². The van der Waals surface area contributed by atoms with Crippen LogP contribution in [0.25, 0.3) is 0 Å². The predicted octanol–water partition coefficient (Wildman–Crippen LogP) is 2.69. The Hall–Kier alpha value is -2.19. The van der Waals surface area contributed by atoms with E-state index in [0.717, 1.165) is 10.0 Å². The number of aryl methyl sites for hydroxylation is 1. The van der Waals surface area contributed by atoms with Crippen LogP contribution in [0, 0.1) is 6.92 Å². The summed E-state index contributed by atoms with van der Waals surface area (Å²) in [4.78, 5) is 35.3. The molecule has 0 radical (unpaired) electrons. The lowest BCUT2D eigenvalue weighted by molar-refractivity contribution is -0.124. The van der Waals surface area contributed by atoms with Gasteiger partial charge in [-0.2, -0.15) is 11.3 Å². The molecule has 1 aromatic carbocycles. The SMILES string of the molecule is Cc1cc(Br)ccc1NC(=O)CNC(=O)CCNC(=O)c1ccsc1. The largest absolute Gasteiger partial charge is 0.351 e. The van der Waals surface area contributed by atoms with Gasteiger partial charge in [0.15, 0.2) is 0 Å². The minimum absolute atomic E-state index is 0.112. The molecule has 0 spiro atoms. The van der Waals surface area contributed by atoms with Crippen molar-refractivity contribution >= 4 is 50.7 Å². The molecule has 0 atom stereocenters. The highest BCUT2D eigenvalue weighted by molar-refractivity contribution is 9.10. The third-order valence-corrected chi connectivity index (χ3v) is 4.51. The third kappa shape index (κ3) is 6.32. The zero-order chi connectivity index (χ0) is 18.2. The third-order valence-electron chi connectivity index (χ3n) is 3.33. The maximum Gasteiger partial charge on any atom is 0.252 e. The van der Waals surface area contributed by atoms with Crippen molar-refractivity contribution in [2.24, 2.45) is 0 Å². The van der Waals surface area contributed by atoms with Gasteiger partial charge < -0.3 is 16.0 Å². The van der Waals surface area contributed by atoms with Crippen LogP contribution in [0.4, 0.5) is 5.69 Å². The Labute approximate surface area is 158 Å². The molecule has 132 valence electrons. The van der Waals surface area contributed by atoms with Crippen molar-refractivity contribution < 1.29 is 14.4 Å². The van der Waals surface area contributed by atoms with Crippen LogP contribution >= 0.6 is 27.3 Å². The van der Waals surface area contributed by atoms with E-state index in [2.05, 4.69) is 31.9 Å². The van der Waals surface area contributed by atoms with Crippen LogP contribution in [0.3, 0.4) is 0 Å². The molecule has 0 aliphatic carbocycles. The van der Waals surface area contributed by atoms with Crippen LogP contribution in [0.2, 0.25) is 0 Å². The zero-order valence-electron chi connectivity index (χ0n) is 13.6. The van der Waals surface area contributed by atoms with Gasteiger partial charge in [-0.05, 0) is 42.1 Å². The summed E-state index contributed by atoms with van der Waals surface area (Å²) in [6.45, 7) is 1.98. The van der Waals surface area contributed by atoms with E-state index in [9.17, 15) is 14.4 Å². The van der Waals surface area contributed by atoms with Crippen molar-refractivity contribution in [1.29, 1.82) is 0 Å². The first-order valence-electron chi connectivity index (χ1n) is 7.59. The summed E-state index contributed by atoms with van der Waals surface area (Å²) in [6, 6.07) is 7.23. The lowest BCUT2D eigenvalue weighted by atomic mass is 10.2. The van der Waals surface area contributed by atoms with E-state index >= 15 is 0 Å². The molecular formula is C17H18BrN3O3S. The molecule has 8 heteroatoms. The summed E-state index contributed by atoms with van der Waals surface area (Å²) >= 11 is 4.79. The molecule has 3 N–H and O–H groups in total. The Morgan fingerprint density at radius 1 is 1.12 bits per heavy atom. The first-order chi connectivity index (χ1) is 12.0. The van der Waals surface area contributed by atoms with Crippen LogP contribution in [-0.4, -0.2) is 30.8 Å². The molecule has 2 rings (SSSR count). The molecule has 0 bridgehead atoms. The second-order valence-corrected chi connectivity index (χ2v) is 7.00. The van der Waals surface area contributed by atoms with E-state index in [4.69, 9.17) is 0 Å². The molecule has 25 heavy (non-hydrogen) atoms. The van der Waals surface area contributed by atoms with Gasteiger partial charge in [0.25, 0.3) is 5.91 Å². The first kappa shape index (κ1) is 19.1. The summed E-state index contributed by atoms with van der Waals surface area (Å²) < 4.78 is 0.931. The normalized spacial score (nSPS) is 10.2. The number of anilines is 1. The highest BCUT2D eigenvalue weighted by atomic mass is 79.9. The quantitative estimate of drug-likeness (QED) is 0.639. The van der Waals surface area contributed by atoms with Gasteiger partial charge in [-0.15, -0.1) is 0 Å². The number of halogens is 1. The molecule has 0 saturated carbocycles. The number of thiophene rings is 1. The number of carbonyl (C=O) groups is 3. The average molecular weight is 424 g/mol. The summed E-state index contributed by atoms with van der Waals surface area (Å²) in [5.41, 5.74) is 2.20. The van der Waals surface area contributed by atoms with E-state index in [1.165, 1.54) is 11.3 Å². The highest BCUT2D eigenvalue weighted by Gasteiger charge is 2.09. The maximum absolute atomic E-state index is 11.9. The lowest BCUT2D eigenvalue weighted by Gasteiger charge is -2.10. The van der Waals surface area contributed by atoms with E-state index < -0.39 is 0 Å². The molecule has 0 saturated heterocycles. The standard InChI is InChI=1S/C17H18BrN3O3S/c1-11-8-13(18)2-3-14(11)21-16(23)9-20-15(22)4-6-19-17(24)12-5-7-25-10-12/h2-3,5,7-8,10H,4,6,9H2,1H3,(H,19,24)(H,20,22)(H,21,23). The number of hydrogen-bond donors (Lipinski definition) is 3. The lowest BCUT2D eigenvalue weighted by Crippen LogP contribution is -2.35. The maximum atomic E-state index is 11.9. The van der Waals surface area contributed by atoms with Gasteiger partial charge in [-0.1, -0.05) is 15.9 Å². The van der Waals surface area contributed by atoms with Crippen LogP contribution in [0.1, 0.15) is 22.3 Å². The topological polar surface area (TPSA) is 87.3 Å². The molecule has 3 amide bonds. The monoisotopic (exact) mass is 423 g/mol. The molecule has 0 unspecified atom stereocenters. The Balaban J connectivity index is 1.67. The molecule has 0 aliphatic heterocycles. The van der Waals surface area contributed by atoms with Gasteiger partial charge in [0, 0.05) is 34.1 Å². The van der Waals surface area contributed by atoms with Gasteiger partial charge in [-0.3, -0.25) is 14.4 Å². The van der Waals surface area contributed by atoms with Crippen LogP contribution in [-0.2, 0) is 9.59 Å². The summed E-state index contributed by atoms with van der Waals surface area (Å²) in [5, 5.41) is 11.5. The number of amides is 3. The Bertz CT molecular complexity index is 763. The van der Waals surface area contributed by atoms with Crippen molar-refractivity contribution in [3.8, 4) is 0 Å². The summed E-state index contributed by atoms with van der Waals surface area (Å²) in [6.07, 6.45) is 0.112. The van der Waals surface area contributed by atoms with Crippen molar-refractivity contribution in [3.63, 3.8) is 0 Å². The van der Waals surface area contributed by atoms with E-state index in [0.29, 0.717) is 11.3 Å². The number of benzene rings is 1. The Kier molecular flexibility index (Phi) is 7.15. The fourth-order valence-electron chi connectivity index (χ4n) is 2.01. The molecule has 0 fully saturated rings. The number of carbonyl (C=O) groups excluding carboxylic acids is 3. The van der Waals surface area contributed by atoms with Crippen molar-refractivity contribution in [2.45, 2.75) is 13.3 Å². The minimum atomic E-state index is -0.305. The second kappa shape index (κ2) is 9.33. The van der Waals surface area contributed by atoms with Crippen molar-refractivity contribution in [3.05, 3.63) is 50.6 Å². The fraction of sp³-hybridized carbons (Fsp3) is 0.235. The average Bonchev–Trinajstić information content (AvgIpc) is 3.10. The Morgan fingerprint density at radius 3 is 2.60 bits per heavy atom. The highest BCUT2D eigenvalue weighted by Crippen LogP contribution is 2.19. The molecule has 2 aromatic rings. The molecule has 6 nitrogen and oxygen atoms in total. The molecule has 0 aliphatic rings. The van der Waals surface area contributed by atoms with Crippen LogP contribution in [0.15, 0.2) is 39.5 Å². The van der Waals surface area contributed by atoms with Gasteiger partial charge in [-0.25, -0.2) is 0 Å². The summed E-state index contributed by atoms with van der Waals surface area (Å²) in [5.74, 6) is -0.813. The zero-order valence-corrected chi connectivity index (χ0v) is 16.0. The second-order valence-electron chi connectivity index (χ2n) is 5.30. The van der Waals surface area contributed by atoms with Gasteiger partial charge in [0.05, 0.1) is 6.54 Å². The predicted molar refractivity (Wildman–Crippen MR) is 102 cm³/mol. The number of rotatable bonds is 7. The number of hydrogen-bond acceptors (Lipinski definition) is 4. The first-order valence-corrected chi connectivity index (χ1v) is 9.32. The fourth-order valence-corrected chi connectivity index (χ4v) is 3.13. The molecular weight excluding hydrogens is 406 g/mol. The number of nitrogens with one attached hydrogen (secondary N) is 3. The van der Waals surface area contributed by atoms with E-state index in [1.54, 1.807) is 17.5 Å². The van der Waals surface area contributed by atoms with E-state index in [1.807, 2.05) is 24.4 Å². The minimum Gasteiger partial charge on any atom is -0.351 e. The Morgan fingerprint density at radius 2 is 1.92 bits per heavy atom. The van der Waals surface area contributed by atoms with Crippen LogP contribution in [0.5, 0.6) is 0 Å². The van der Waals surface area contributed by atoms with Gasteiger partial charge in [0.2, 0.25) is 11.8 Å². The van der Waals surface area contributed by atoms with E-state index in [-0.39, 0.29) is 37.2 Å². The van der Waals surface area contributed by atoms with Crippen molar-refractivity contribution in [1.82, 2.24) is 10.6 Å². The van der Waals surface area contributed by atoms with Gasteiger partial charge >= 0.3 is 0 Å². The van der Waals surface area contributed by atoms with Crippen LogP contribution < -0.4 is 16.0 Å². The smallest absolute Gasteiger partial charge is 0.252 e. The summed E-state index contributed by atoms with van der Waals surface area (Å²) in [7, 11) is 0. The van der Waals surface area contributed by atoms with Crippen molar-refractivity contribution in [2.75, 3.05) is 18.4 Å². The molecule has 1 heterocycles.